The summed E-state index contributed by atoms with van der Waals surface area (Å²) < 4.78 is 7.71. The van der Waals surface area contributed by atoms with Crippen molar-refractivity contribution in [3.05, 3.63) is 18.0 Å². The number of halogens is 1. The van der Waals surface area contributed by atoms with Crippen molar-refractivity contribution >= 4 is 20.1 Å². The number of alkyl halides is 1. The molecule has 0 saturated heterocycles. The van der Waals surface area contributed by atoms with Gasteiger partial charge in [0.2, 0.25) is 0 Å². The van der Waals surface area contributed by atoms with Crippen LogP contribution < -0.4 is 0 Å². The largest absolute Gasteiger partial charge is 0.216 e. The van der Waals surface area contributed by atoms with Gasteiger partial charge in [-0.2, -0.15) is 0 Å². The van der Waals surface area contributed by atoms with Crippen LogP contribution in [0.4, 0.5) is 0 Å². The third-order valence-corrected chi connectivity index (χ3v) is 1.45. The van der Waals surface area contributed by atoms with Gasteiger partial charge in [0.05, 0.1) is 5.88 Å². The minimum atomic E-state index is 0.502. The van der Waals surface area contributed by atoms with Gasteiger partial charge in [-0.3, -0.25) is 0 Å². The first-order valence-corrected chi connectivity index (χ1v) is 3.45. The molecule has 0 bridgehead atoms. The minimum absolute atomic E-state index is 0.502. The zero-order valence-electron chi connectivity index (χ0n) is 4.08. The maximum Gasteiger partial charge on any atom is 0.153 e. The Morgan fingerprint density at radius 1 is 1.50 bits per heavy atom. The zero-order chi connectivity index (χ0) is 5.82. The lowest BCUT2D eigenvalue weighted by atomic mass is 10.4. The van der Waals surface area contributed by atoms with E-state index in [4.69, 9.17) is 11.6 Å². The van der Waals surface area contributed by atoms with E-state index in [0.717, 1.165) is 14.1 Å². The maximum absolute atomic E-state index is 5.46. The second kappa shape index (κ2) is 2.95. The van der Waals surface area contributed by atoms with Crippen molar-refractivity contribution in [2.24, 2.45) is 0 Å². The molecular weight excluding hydrogens is 142 g/mol. The summed E-state index contributed by atoms with van der Waals surface area (Å²) in [6.45, 7) is 0. The van der Waals surface area contributed by atoms with Crippen LogP contribution in [0.1, 0.15) is 5.56 Å². The first-order chi connectivity index (χ1) is 3.93. The summed E-state index contributed by atoms with van der Waals surface area (Å²) in [5, 5.41) is 0. The summed E-state index contributed by atoms with van der Waals surface area (Å²) in [5.74, 6) is 0.502. The summed E-state index contributed by atoms with van der Waals surface area (Å²) in [5.41, 5.74) is 0.977. The van der Waals surface area contributed by atoms with Crippen molar-refractivity contribution < 1.29 is 0 Å². The third-order valence-electron chi connectivity index (χ3n) is 0.705. The van der Waals surface area contributed by atoms with E-state index in [2.05, 4.69) is 9.49 Å². The van der Waals surface area contributed by atoms with E-state index in [1.165, 1.54) is 0 Å². The molecule has 1 aromatic heterocycles. The van der Waals surface area contributed by atoms with Crippen LogP contribution in [0.3, 0.4) is 0 Å². The van der Waals surface area contributed by atoms with E-state index in [1.807, 2.05) is 0 Å². The minimum Gasteiger partial charge on any atom is -0.216 e. The normalized spacial score (nSPS) is 9.12. The van der Waals surface area contributed by atoms with Crippen molar-refractivity contribution in [2.75, 3.05) is 0 Å². The maximum atomic E-state index is 5.46. The van der Waals surface area contributed by atoms with Gasteiger partial charge in [0.15, 0.2) is 8.51 Å². The van der Waals surface area contributed by atoms with Crippen molar-refractivity contribution in [3.8, 4) is 0 Å². The summed E-state index contributed by atoms with van der Waals surface area (Å²) in [4.78, 5) is 0. The first-order valence-electron chi connectivity index (χ1n) is 2.11. The number of aromatic nitrogens is 2. The van der Waals surface area contributed by atoms with E-state index in [9.17, 15) is 0 Å². The molecule has 0 aromatic carbocycles. The highest BCUT2D eigenvalue weighted by atomic mass is 35.5. The van der Waals surface area contributed by atoms with E-state index in [0.29, 0.717) is 5.88 Å². The summed E-state index contributed by atoms with van der Waals surface area (Å²) >= 11 is 5.46. The molecule has 0 unspecified atom stereocenters. The van der Waals surface area contributed by atoms with Gasteiger partial charge in [-0.05, 0) is 0 Å². The van der Waals surface area contributed by atoms with Crippen LogP contribution in [-0.2, 0) is 5.88 Å². The predicted octanol–water partition coefficient (Wildman–Crippen LogP) is 1.80. The fraction of sp³-hybridized carbons (Fsp3) is 0.250. The van der Waals surface area contributed by atoms with Gasteiger partial charge in [-0.25, -0.2) is 9.49 Å². The van der Waals surface area contributed by atoms with Crippen LogP contribution in [-0.4, -0.2) is 9.49 Å². The molecular formula is C4H4ClN2P. The summed E-state index contributed by atoms with van der Waals surface area (Å²) in [6, 6.07) is 0. The second-order valence-electron chi connectivity index (χ2n) is 1.29. The Morgan fingerprint density at radius 3 is 2.50 bits per heavy atom. The molecule has 1 heterocycles. The van der Waals surface area contributed by atoms with E-state index < -0.39 is 0 Å². The van der Waals surface area contributed by atoms with Gasteiger partial charge in [0.1, 0.15) is 0 Å². The number of hydrogen-bond acceptors (Lipinski definition) is 2. The van der Waals surface area contributed by atoms with Gasteiger partial charge in [-0.15, -0.1) is 11.6 Å². The monoisotopic (exact) mass is 146 g/mol. The molecule has 0 spiro atoms. The highest BCUT2D eigenvalue weighted by Gasteiger charge is 1.84. The molecule has 42 valence electrons. The van der Waals surface area contributed by atoms with Crippen LogP contribution in [0.15, 0.2) is 12.4 Å². The lowest BCUT2D eigenvalue weighted by molar-refractivity contribution is 1.28. The van der Waals surface area contributed by atoms with Gasteiger partial charge >= 0.3 is 0 Å². The zero-order valence-corrected chi connectivity index (χ0v) is 5.73. The fourth-order valence-electron chi connectivity index (χ4n) is 0.332. The van der Waals surface area contributed by atoms with Crippen molar-refractivity contribution in [1.82, 2.24) is 9.49 Å². The predicted molar refractivity (Wildman–Crippen MR) is 34.1 cm³/mol. The molecule has 0 aliphatic rings. The topological polar surface area (TPSA) is 25.8 Å². The van der Waals surface area contributed by atoms with Gasteiger partial charge < -0.3 is 0 Å². The Morgan fingerprint density at radius 2 is 2.12 bits per heavy atom. The van der Waals surface area contributed by atoms with Gasteiger partial charge in [0, 0.05) is 18.0 Å². The Bertz CT molecular complexity index is 155. The molecule has 0 aliphatic carbocycles. The average molecular weight is 147 g/mol. The third kappa shape index (κ3) is 1.39. The van der Waals surface area contributed by atoms with Crippen molar-refractivity contribution in [3.63, 3.8) is 0 Å². The van der Waals surface area contributed by atoms with E-state index in [1.54, 1.807) is 12.4 Å². The van der Waals surface area contributed by atoms with Crippen LogP contribution >= 0.6 is 20.1 Å². The van der Waals surface area contributed by atoms with E-state index >= 15 is 0 Å². The smallest absolute Gasteiger partial charge is 0.153 e. The quantitative estimate of drug-likeness (QED) is 0.565. The second-order valence-corrected chi connectivity index (χ2v) is 2.20. The summed E-state index contributed by atoms with van der Waals surface area (Å²) in [6.07, 6.45) is 3.48. The molecule has 0 amide bonds. The molecule has 0 atom stereocenters. The lowest BCUT2D eigenvalue weighted by Gasteiger charge is -1.85. The van der Waals surface area contributed by atoms with Gasteiger partial charge in [-0.1, -0.05) is 0 Å². The lowest BCUT2D eigenvalue weighted by Crippen LogP contribution is -1.75. The highest BCUT2D eigenvalue weighted by Crippen LogP contribution is 2.00. The van der Waals surface area contributed by atoms with Crippen molar-refractivity contribution in [1.29, 1.82) is 0 Å². The van der Waals surface area contributed by atoms with Crippen LogP contribution in [0.5, 0.6) is 0 Å². The summed E-state index contributed by atoms with van der Waals surface area (Å²) in [7, 11) is 0.762. The molecule has 8 heavy (non-hydrogen) atoms. The van der Waals surface area contributed by atoms with Crippen LogP contribution in [0.25, 0.3) is 0 Å². The fourth-order valence-corrected chi connectivity index (χ4v) is 0.930. The van der Waals surface area contributed by atoms with Gasteiger partial charge in [0.25, 0.3) is 0 Å². The molecule has 0 N–H and O–H groups in total. The molecule has 0 fully saturated rings. The first kappa shape index (κ1) is 5.93. The standard InChI is InChI=1S/C4H4ClN2P/c5-1-4-2-6-8-7-3-4/h2-3H,1H2. The Kier molecular flexibility index (Phi) is 2.19. The molecule has 0 radical (unpaired) electrons. The van der Waals surface area contributed by atoms with Crippen LogP contribution in [0, 0.1) is 0 Å². The Balaban J connectivity index is 2.83. The van der Waals surface area contributed by atoms with Crippen LogP contribution in [0.2, 0.25) is 0 Å². The molecule has 4 heteroatoms. The SMILES string of the molecule is ClCc1cnpnc1. The number of hydrogen-bond donors (Lipinski definition) is 0. The highest BCUT2D eigenvalue weighted by molar-refractivity contribution is 7.20. The number of rotatable bonds is 1. The Labute approximate surface area is 54.2 Å². The van der Waals surface area contributed by atoms with E-state index in [-0.39, 0.29) is 0 Å². The molecule has 0 saturated carbocycles. The Hall–Kier alpha value is -0.200. The molecule has 1 aromatic rings. The average Bonchev–Trinajstić information content (AvgIpc) is 1.90. The van der Waals surface area contributed by atoms with Crippen molar-refractivity contribution in [2.45, 2.75) is 5.88 Å². The molecule has 1 rings (SSSR count). The molecule has 0 aliphatic heterocycles. The molecule has 2 nitrogen and oxygen atoms in total. The number of nitrogens with zero attached hydrogens (tertiary/aromatic N) is 2.